The molecule has 3 rings (SSSR count). The van der Waals surface area contributed by atoms with Crippen LogP contribution in [-0.2, 0) is 0 Å². The zero-order chi connectivity index (χ0) is 15.0. The summed E-state index contributed by atoms with van der Waals surface area (Å²) in [4.78, 5) is 2.86. The number of fused-ring (bicyclic) bond motifs is 1. The Labute approximate surface area is 131 Å². The van der Waals surface area contributed by atoms with Crippen molar-refractivity contribution in [3.8, 4) is 5.88 Å². The Hall–Kier alpha value is -2.04. The van der Waals surface area contributed by atoms with Crippen LogP contribution in [0, 0.1) is 6.92 Å². The topological polar surface area (TPSA) is 60.7 Å². The van der Waals surface area contributed by atoms with Crippen LogP contribution in [-0.4, -0.2) is 10.1 Å². The van der Waals surface area contributed by atoms with Crippen LogP contribution in [0.15, 0.2) is 46.6 Å². The van der Waals surface area contributed by atoms with Crippen LogP contribution in [0.1, 0.15) is 5.56 Å². The summed E-state index contributed by atoms with van der Waals surface area (Å²) in [5, 5.41) is 19.9. The molecular weight excluding hydrogens is 309 g/mol. The second-order valence-electron chi connectivity index (χ2n) is 4.70. The highest BCUT2D eigenvalue weighted by molar-refractivity contribution is 6.35. The monoisotopic (exact) mass is 319 g/mol. The normalized spacial score (nSPS) is 11.6. The number of aromatic nitrogens is 1. The lowest BCUT2D eigenvalue weighted by atomic mass is 10.2. The van der Waals surface area contributed by atoms with E-state index in [-0.39, 0.29) is 5.88 Å². The number of rotatable bonds is 2. The van der Waals surface area contributed by atoms with E-state index in [9.17, 15) is 5.11 Å². The van der Waals surface area contributed by atoms with Crippen molar-refractivity contribution in [3.63, 3.8) is 0 Å². The summed E-state index contributed by atoms with van der Waals surface area (Å²) in [7, 11) is 0. The highest BCUT2D eigenvalue weighted by atomic mass is 35.5. The molecule has 1 heterocycles. The van der Waals surface area contributed by atoms with Gasteiger partial charge in [-0.25, -0.2) is 0 Å². The van der Waals surface area contributed by atoms with Crippen molar-refractivity contribution in [2.45, 2.75) is 6.92 Å². The number of H-pyrrole nitrogens is 1. The Morgan fingerprint density at radius 1 is 1.00 bits per heavy atom. The van der Waals surface area contributed by atoms with Crippen molar-refractivity contribution in [1.82, 2.24) is 4.98 Å². The maximum Gasteiger partial charge on any atom is 0.218 e. The summed E-state index contributed by atoms with van der Waals surface area (Å²) in [5.41, 5.74) is 2.79. The molecule has 1 aromatic heterocycles. The first-order valence-electron chi connectivity index (χ1n) is 6.22. The van der Waals surface area contributed by atoms with Crippen molar-refractivity contribution in [2.75, 3.05) is 0 Å². The number of azo groups is 1. The molecule has 0 atom stereocenters. The number of nitrogens with one attached hydrogen (secondary N) is 1. The summed E-state index contributed by atoms with van der Waals surface area (Å²) in [6.07, 6.45) is 0. The molecule has 2 aromatic carbocycles. The van der Waals surface area contributed by atoms with E-state index in [2.05, 4.69) is 15.2 Å². The molecule has 0 aliphatic rings. The molecule has 0 fully saturated rings. The average Bonchev–Trinajstić information content (AvgIpc) is 2.70. The van der Waals surface area contributed by atoms with Gasteiger partial charge in [-0.05, 0) is 37.3 Å². The molecule has 0 aliphatic heterocycles. The van der Waals surface area contributed by atoms with Gasteiger partial charge in [0.15, 0.2) is 5.69 Å². The molecular formula is C15H11Cl2N3O. The number of hydrogen-bond acceptors (Lipinski definition) is 3. The van der Waals surface area contributed by atoms with Crippen LogP contribution >= 0.6 is 23.2 Å². The Kier molecular flexibility index (Phi) is 3.57. The van der Waals surface area contributed by atoms with Crippen LogP contribution in [0.3, 0.4) is 0 Å². The van der Waals surface area contributed by atoms with Crippen LogP contribution in [0.4, 0.5) is 11.4 Å². The van der Waals surface area contributed by atoms with E-state index in [0.29, 0.717) is 21.4 Å². The number of aryl methyl sites for hydroxylation is 1. The van der Waals surface area contributed by atoms with Crippen LogP contribution in [0.5, 0.6) is 5.88 Å². The fraction of sp³-hybridized carbons (Fsp3) is 0.0667. The molecule has 0 spiro atoms. The van der Waals surface area contributed by atoms with E-state index >= 15 is 0 Å². The molecule has 6 heteroatoms. The lowest BCUT2D eigenvalue weighted by Crippen LogP contribution is -1.71. The molecule has 106 valence electrons. The van der Waals surface area contributed by atoms with E-state index in [1.54, 1.807) is 18.2 Å². The van der Waals surface area contributed by atoms with E-state index < -0.39 is 0 Å². The molecule has 21 heavy (non-hydrogen) atoms. The number of hydrogen-bond donors (Lipinski definition) is 2. The standard InChI is InChI=1S/C15H11Cl2N3O/c1-8-2-3-13-12(4-8)14(15(21)18-13)20-19-11-6-9(16)5-10(17)7-11/h2-7,18,21H,1H3. The third-order valence-corrected chi connectivity index (χ3v) is 3.46. The van der Waals surface area contributed by atoms with Crippen molar-refractivity contribution >= 4 is 45.5 Å². The summed E-state index contributed by atoms with van der Waals surface area (Å²) < 4.78 is 0. The first-order chi connectivity index (χ1) is 10.0. The maximum atomic E-state index is 9.95. The number of nitrogens with zero attached hydrogens (tertiary/aromatic N) is 2. The molecule has 2 N–H and O–H groups in total. The van der Waals surface area contributed by atoms with Crippen LogP contribution < -0.4 is 0 Å². The first kappa shape index (κ1) is 13.9. The highest BCUT2D eigenvalue weighted by Gasteiger charge is 2.10. The van der Waals surface area contributed by atoms with Crippen LogP contribution in [0.25, 0.3) is 10.9 Å². The Balaban J connectivity index is 2.06. The summed E-state index contributed by atoms with van der Waals surface area (Å²) >= 11 is 11.8. The molecule has 3 aromatic rings. The van der Waals surface area contributed by atoms with Gasteiger partial charge in [0.25, 0.3) is 0 Å². The smallest absolute Gasteiger partial charge is 0.218 e. The quantitative estimate of drug-likeness (QED) is 0.567. The molecule has 4 nitrogen and oxygen atoms in total. The van der Waals surface area contributed by atoms with Gasteiger partial charge in [-0.3, -0.25) is 0 Å². The Morgan fingerprint density at radius 2 is 1.71 bits per heavy atom. The van der Waals surface area contributed by atoms with Gasteiger partial charge < -0.3 is 10.1 Å². The number of aromatic amines is 1. The second-order valence-corrected chi connectivity index (χ2v) is 5.57. The van der Waals surface area contributed by atoms with E-state index in [1.807, 2.05) is 25.1 Å². The molecule has 0 saturated heterocycles. The summed E-state index contributed by atoms with van der Waals surface area (Å²) in [6, 6.07) is 10.7. The molecule has 0 bridgehead atoms. The molecule has 0 radical (unpaired) electrons. The third-order valence-electron chi connectivity index (χ3n) is 3.02. The van der Waals surface area contributed by atoms with Crippen molar-refractivity contribution in [2.24, 2.45) is 10.2 Å². The van der Waals surface area contributed by atoms with Crippen molar-refractivity contribution < 1.29 is 5.11 Å². The molecule has 0 unspecified atom stereocenters. The highest BCUT2D eigenvalue weighted by Crippen LogP contribution is 2.37. The average molecular weight is 320 g/mol. The molecule has 0 saturated carbocycles. The number of halogens is 2. The van der Waals surface area contributed by atoms with Gasteiger partial charge in [0.05, 0.1) is 11.2 Å². The fourth-order valence-electron chi connectivity index (χ4n) is 2.08. The molecule has 0 aliphatic carbocycles. The minimum Gasteiger partial charge on any atom is -0.493 e. The zero-order valence-electron chi connectivity index (χ0n) is 11.1. The predicted octanol–water partition coefficient (Wildman–Crippen LogP) is 5.90. The van der Waals surface area contributed by atoms with Gasteiger partial charge in [0, 0.05) is 15.4 Å². The fourth-order valence-corrected chi connectivity index (χ4v) is 2.60. The van der Waals surface area contributed by atoms with Gasteiger partial charge in [-0.2, -0.15) is 5.11 Å². The minimum absolute atomic E-state index is 0.0209. The lowest BCUT2D eigenvalue weighted by Gasteiger charge is -1.97. The van der Waals surface area contributed by atoms with Gasteiger partial charge in [0.2, 0.25) is 5.88 Å². The predicted molar refractivity (Wildman–Crippen MR) is 85.3 cm³/mol. The SMILES string of the molecule is Cc1ccc2[nH]c(O)c(N=Nc3cc(Cl)cc(Cl)c3)c2c1. The van der Waals surface area contributed by atoms with Crippen molar-refractivity contribution in [1.29, 1.82) is 0 Å². The van der Waals surface area contributed by atoms with Gasteiger partial charge >= 0.3 is 0 Å². The third kappa shape index (κ3) is 2.86. The summed E-state index contributed by atoms with van der Waals surface area (Å²) in [6.45, 7) is 1.97. The van der Waals surface area contributed by atoms with Crippen molar-refractivity contribution in [3.05, 3.63) is 52.0 Å². The Bertz CT molecular complexity index is 835. The summed E-state index contributed by atoms with van der Waals surface area (Å²) in [5.74, 6) is -0.0209. The van der Waals surface area contributed by atoms with Gasteiger partial charge in [-0.1, -0.05) is 34.8 Å². The van der Waals surface area contributed by atoms with Crippen LogP contribution in [0.2, 0.25) is 10.0 Å². The largest absolute Gasteiger partial charge is 0.493 e. The van der Waals surface area contributed by atoms with E-state index in [1.165, 1.54) is 0 Å². The van der Waals surface area contributed by atoms with Gasteiger partial charge in [0.1, 0.15) is 0 Å². The maximum absolute atomic E-state index is 9.95. The molecule has 0 amide bonds. The Morgan fingerprint density at radius 3 is 2.43 bits per heavy atom. The van der Waals surface area contributed by atoms with Gasteiger partial charge in [-0.15, -0.1) is 5.11 Å². The lowest BCUT2D eigenvalue weighted by molar-refractivity contribution is 0.459. The van der Waals surface area contributed by atoms with E-state index in [0.717, 1.165) is 16.5 Å². The van der Waals surface area contributed by atoms with E-state index in [4.69, 9.17) is 23.2 Å². The second kappa shape index (κ2) is 5.39. The first-order valence-corrected chi connectivity index (χ1v) is 6.97. The number of benzene rings is 2. The zero-order valence-corrected chi connectivity index (χ0v) is 12.6. The number of aromatic hydroxyl groups is 1. The minimum atomic E-state index is -0.0209.